The Bertz CT molecular complexity index is 692. The molecular weight excluding hydrogens is 294 g/mol. The number of benzene rings is 1. The summed E-state index contributed by atoms with van der Waals surface area (Å²) in [6.45, 7) is 0.690. The van der Waals surface area contributed by atoms with Crippen molar-refractivity contribution in [2.24, 2.45) is 0 Å². The van der Waals surface area contributed by atoms with E-state index in [0.29, 0.717) is 33.9 Å². The minimum Gasteiger partial charge on any atom is -0.465 e. The van der Waals surface area contributed by atoms with Gasteiger partial charge in [0.1, 0.15) is 0 Å². The van der Waals surface area contributed by atoms with Gasteiger partial charge in [0.25, 0.3) is 0 Å². The van der Waals surface area contributed by atoms with Gasteiger partial charge in [0.2, 0.25) is 0 Å². The normalized spacial score (nSPS) is 18.9. The van der Waals surface area contributed by atoms with Gasteiger partial charge in [0, 0.05) is 12.3 Å². The van der Waals surface area contributed by atoms with Gasteiger partial charge in [-0.15, -0.1) is 0 Å². The second kappa shape index (κ2) is 5.54. The van der Waals surface area contributed by atoms with Gasteiger partial charge in [-0.05, 0) is 31.4 Å². The molecule has 6 nitrogen and oxygen atoms in total. The maximum Gasteiger partial charge on any atom is 0.338 e. The highest BCUT2D eigenvalue weighted by atomic mass is 35.5. The molecule has 1 fully saturated rings. The van der Waals surface area contributed by atoms with E-state index < -0.39 is 5.97 Å². The van der Waals surface area contributed by atoms with E-state index in [1.165, 1.54) is 7.11 Å². The van der Waals surface area contributed by atoms with Crippen LogP contribution in [0.2, 0.25) is 5.15 Å². The van der Waals surface area contributed by atoms with Gasteiger partial charge in [0.15, 0.2) is 11.4 Å². The van der Waals surface area contributed by atoms with E-state index >= 15 is 0 Å². The fourth-order valence-electron chi connectivity index (χ4n) is 2.62. The smallest absolute Gasteiger partial charge is 0.338 e. The van der Waals surface area contributed by atoms with E-state index in [9.17, 15) is 4.79 Å². The predicted octanol–water partition coefficient (Wildman–Crippen LogP) is 2.76. The Morgan fingerprint density at radius 3 is 3.00 bits per heavy atom. The van der Waals surface area contributed by atoms with E-state index in [2.05, 4.69) is 5.10 Å². The van der Waals surface area contributed by atoms with Crippen LogP contribution in [-0.4, -0.2) is 29.5 Å². The number of rotatable bonds is 2. The number of hydrogen-bond donors (Lipinski definition) is 1. The molecule has 2 heterocycles. The van der Waals surface area contributed by atoms with Gasteiger partial charge in [-0.1, -0.05) is 11.6 Å². The van der Waals surface area contributed by atoms with Crippen molar-refractivity contribution in [2.45, 2.75) is 25.5 Å². The molecule has 1 unspecified atom stereocenters. The molecule has 7 heteroatoms. The number of methoxy groups -OCH3 is 1. The molecule has 1 saturated heterocycles. The Morgan fingerprint density at radius 1 is 1.52 bits per heavy atom. The summed E-state index contributed by atoms with van der Waals surface area (Å²) in [4.78, 5) is 11.7. The number of carbonyl (C=O) groups excluding carboxylic acids is 1. The fourth-order valence-corrected chi connectivity index (χ4v) is 2.91. The summed E-state index contributed by atoms with van der Waals surface area (Å²) in [5.41, 5.74) is 7.47. The maximum atomic E-state index is 11.7. The number of aromatic nitrogens is 2. The standard InChI is InChI=1S/C14H16ClN3O3/c1-20-14(19)8-6-9(16)12-10(7-8)18(17-13(12)15)11-4-2-3-5-21-11/h6-7,11H,2-5,16H2,1H3. The highest BCUT2D eigenvalue weighted by molar-refractivity contribution is 6.35. The average molecular weight is 310 g/mol. The first-order valence-electron chi connectivity index (χ1n) is 6.79. The predicted molar refractivity (Wildman–Crippen MR) is 79.3 cm³/mol. The van der Waals surface area contributed by atoms with Crippen molar-refractivity contribution in [3.8, 4) is 0 Å². The molecule has 0 saturated carbocycles. The van der Waals surface area contributed by atoms with E-state index in [1.54, 1.807) is 16.8 Å². The number of carbonyl (C=O) groups is 1. The summed E-state index contributed by atoms with van der Waals surface area (Å²) >= 11 is 6.18. The van der Waals surface area contributed by atoms with E-state index in [0.717, 1.165) is 19.3 Å². The van der Waals surface area contributed by atoms with Crippen molar-refractivity contribution in [2.75, 3.05) is 19.5 Å². The minimum absolute atomic E-state index is 0.180. The van der Waals surface area contributed by atoms with E-state index in [4.69, 9.17) is 26.8 Å². The molecule has 2 aromatic rings. The lowest BCUT2D eigenvalue weighted by atomic mass is 10.1. The number of anilines is 1. The van der Waals surface area contributed by atoms with Crippen LogP contribution in [0, 0.1) is 0 Å². The second-order valence-corrected chi connectivity index (χ2v) is 5.37. The number of esters is 1. The van der Waals surface area contributed by atoms with Crippen LogP contribution in [0.25, 0.3) is 10.9 Å². The molecule has 1 aliphatic heterocycles. The molecule has 3 rings (SSSR count). The Balaban J connectivity index is 2.16. The number of ether oxygens (including phenoxy) is 2. The van der Waals surface area contributed by atoms with Gasteiger partial charge in [-0.25, -0.2) is 9.48 Å². The molecule has 2 N–H and O–H groups in total. The Kier molecular flexibility index (Phi) is 3.73. The highest BCUT2D eigenvalue weighted by Crippen LogP contribution is 2.34. The van der Waals surface area contributed by atoms with Crippen molar-refractivity contribution in [3.63, 3.8) is 0 Å². The van der Waals surface area contributed by atoms with Crippen LogP contribution in [-0.2, 0) is 9.47 Å². The average Bonchev–Trinajstić information content (AvgIpc) is 2.84. The molecule has 21 heavy (non-hydrogen) atoms. The maximum absolute atomic E-state index is 11.7. The zero-order valence-electron chi connectivity index (χ0n) is 11.6. The molecule has 0 radical (unpaired) electrons. The summed E-state index contributed by atoms with van der Waals surface area (Å²) in [7, 11) is 1.33. The Labute approximate surface area is 126 Å². The third-order valence-electron chi connectivity index (χ3n) is 3.65. The highest BCUT2D eigenvalue weighted by Gasteiger charge is 2.23. The van der Waals surface area contributed by atoms with Crippen molar-refractivity contribution in [1.82, 2.24) is 9.78 Å². The molecule has 0 bridgehead atoms. The van der Waals surface area contributed by atoms with Gasteiger partial charge >= 0.3 is 5.97 Å². The van der Waals surface area contributed by atoms with E-state index in [-0.39, 0.29) is 6.23 Å². The third-order valence-corrected chi connectivity index (χ3v) is 3.91. The first kappa shape index (κ1) is 14.2. The number of nitrogen functional groups attached to an aromatic ring is 1. The summed E-state index contributed by atoms with van der Waals surface area (Å²) in [6.07, 6.45) is 2.78. The van der Waals surface area contributed by atoms with E-state index in [1.807, 2.05) is 0 Å². The van der Waals surface area contributed by atoms with Crippen LogP contribution < -0.4 is 5.73 Å². The molecule has 1 atom stereocenters. The molecule has 1 aromatic heterocycles. The summed E-state index contributed by atoms with van der Waals surface area (Å²) in [5.74, 6) is -0.447. The lowest BCUT2D eigenvalue weighted by Crippen LogP contribution is -2.19. The molecular formula is C14H16ClN3O3. The first-order chi connectivity index (χ1) is 10.1. The van der Waals surface area contributed by atoms with Gasteiger partial charge < -0.3 is 15.2 Å². The van der Waals surface area contributed by atoms with Crippen LogP contribution in [0.5, 0.6) is 0 Å². The lowest BCUT2D eigenvalue weighted by molar-refractivity contribution is -0.0366. The number of nitrogens with zero attached hydrogens (tertiary/aromatic N) is 2. The van der Waals surface area contributed by atoms with Crippen molar-refractivity contribution >= 4 is 34.2 Å². The number of hydrogen-bond acceptors (Lipinski definition) is 5. The summed E-state index contributed by atoms with van der Waals surface area (Å²) in [5, 5.41) is 5.28. The van der Waals surface area contributed by atoms with Crippen LogP contribution in [0.3, 0.4) is 0 Å². The fraction of sp³-hybridized carbons (Fsp3) is 0.429. The number of halogens is 1. The monoisotopic (exact) mass is 309 g/mol. The summed E-state index contributed by atoms with van der Waals surface area (Å²) in [6, 6.07) is 3.24. The first-order valence-corrected chi connectivity index (χ1v) is 7.16. The minimum atomic E-state index is -0.447. The molecule has 0 spiro atoms. The van der Waals surface area contributed by atoms with Crippen molar-refractivity contribution in [1.29, 1.82) is 0 Å². The van der Waals surface area contributed by atoms with Crippen molar-refractivity contribution in [3.05, 3.63) is 22.8 Å². The number of nitrogens with two attached hydrogens (primary N) is 1. The van der Waals surface area contributed by atoms with Gasteiger partial charge in [-0.3, -0.25) is 0 Å². The van der Waals surface area contributed by atoms with Crippen LogP contribution >= 0.6 is 11.6 Å². The molecule has 1 aromatic carbocycles. The quantitative estimate of drug-likeness (QED) is 0.681. The second-order valence-electron chi connectivity index (χ2n) is 5.01. The molecule has 1 aliphatic rings. The molecule has 112 valence electrons. The molecule has 0 aliphatic carbocycles. The van der Waals surface area contributed by atoms with Crippen LogP contribution in [0.15, 0.2) is 12.1 Å². The molecule has 0 amide bonds. The van der Waals surface area contributed by atoms with Crippen molar-refractivity contribution < 1.29 is 14.3 Å². The topological polar surface area (TPSA) is 79.4 Å². The van der Waals surface area contributed by atoms with Gasteiger partial charge in [-0.2, -0.15) is 5.10 Å². The zero-order valence-corrected chi connectivity index (χ0v) is 12.4. The van der Waals surface area contributed by atoms with Crippen LogP contribution in [0.1, 0.15) is 35.8 Å². The summed E-state index contributed by atoms with van der Waals surface area (Å²) < 4.78 is 12.2. The van der Waals surface area contributed by atoms with Crippen LogP contribution in [0.4, 0.5) is 5.69 Å². The lowest BCUT2D eigenvalue weighted by Gasteiger charge is -2.23. The number of fused-ring (bicyclic) bond motifs is 1. The largest absolute Gasteiger partial charge is 0.465 e. The Hall–Kier alpha value is -1.79. The Morgan fingerprint density at radius 2 is 2.33 bits per heavy atom. The third kappa shape index (κ3) is 2.45. The SMILES string of the molecule is COC(=O)c1cc(N)c2c(Cl)nn(C3CCCCO3)c2c1. The zero-order chi connectivity index (χ0) is 15.0. The van der Waals surface area contributed by atoms with Gasteiger partial charge in [0.05, 0.1) is 23.6 Å².